The molecule has 3 rings (SSSR count). The number of benzene rings is 2. The van der Waals surface area contributed by atoms with Crippen molar-refractivity contribution in [2.24, 2.45) is 0 Å². The van der Waals surface area contributed by atoms with E-state index in [-0.39, 0.29) is 12.5 Å². The predicted molar refractivity (Wildman–Crippen MR) is 84.5 cm³/mol. The second kappa shape index (κ2) is 5.99. The van der Waals surface area contributed by atoms with Gasteiger partial charge in [-0.2, -0.15) is 13.2 Å². The Morgan fingerprint density at radius 3 is 2.46 bits per heavy atom. The van der Waals surface area contributed by atoms with Gasteiger partial charge in [0.15, 0.2) is 0 Å². The van der Waals surface area contributed by atoms with Gasteiger partial charge in [-0.25, -0.2) is 4.98 Å². The molecule has 0 saturated carbocycles. The van der Waals surface area contributed by atoms with E-state index in [1.807, 2.05) is 24.3 Å². The van der Waals surface area contributed by atoms with E-state index in [0.717, 1.165) is 23.2 Å². The summed E-state index contributed by atoms with van der Waals surface area (Å²) in [7, 11) is 0. The highest BCUT2D eigenvalue weighted by Gasteiger charge is 2.29. The summed E-state index contributed by atoms with van der Waals surface area (Å²) in [5, 5.41) is 2.60. The van der Waals surface area contributed by atoms with Crippen molar-refractivity contribution < 1.29 is 18.0 Å². The van der Waals surface area contributed by atoms with Crippen LogP contribution in [-0.2, 0) is 17.5 Å². The standard InChI is InChI=1S/C17H14F3N3O/c1-11-21-14-4-2-3-5-15(14)23(11)10-16(24)22-13-8-6-12(7-9-13)17(18,19)20/h2-9H,10H2,1H3,(H,22,24). The molecule has 1 amide bonds. The quantitative estimate of drug-likeness (QED) is 0.787. The molecule has 0 fully saturated rings. The van der Waals surface area contributed by atoms with Crippen molar-refractivity contribution in [1.82, 2.24) is 9.55 Å². The van der Waals surface area contributed by atoms with Crippen LogP contribution in [0.15, 0.2) is 48.5 Å². The SMILES string of the molecule is Cc1nc2ccccc2n1CC(=O)Nc1ccc(C(F)(F)F)cc1. The first-order chi connectivity index (χ1) is 11.3. The first-order valence-electron chi connectivity index (χ1n) is 7.23. The summed E-state index contributed by atoms with van der Waals surface area (Å²) in [5.74, 6) is 0.361. The van der Waals surface area contributed by atoms with Crippen molar-refractivity contribution in [1.29, 1.82) is 0 Å². The highest BCUT2D eigenvalue weighted by atomic mass is 19.4. The monoisotopic (exact) mass is 333 g/mol. The van der Waals surface area contributed by atoms with Crippen LogP contribution in [0.1, 0.15) is 11.4 Å². The van der Waals surface area contributed by atoms with Crippen molar-refractivity contribution >= 4 is 22.6 Å². The normalized spacial score (nSPS) is 11.7. The second-order valence-electron chi connectivity index (χ2n) is 5.36. The molecule has 7 heteroatoms. The van der Waals surface area contributed by atoms with E-state index in [1.54, 1.807) is 11.5 Å². The molecule has 0 aliphatic rings. The predicted octanol–water partition coefficient (Wildman–Crippen LogP) is 4.00. The van der Waals surface area contributed by atoms with E-state index in [9.17, 15) is 18.0 Å². The number of nitrogens with zero attached hydrogens (tertiary/aromatic N) is 2. The molecule has 2 aromatic carbocycles. The Bertz CT molecular complexity index is 882. The van der Waals surface area contributed by atoms with Crippen molar-refractivity contribution in [3.8, 4) is 0 Å². The Hall–Kier alpha value is -2.83. The number of rotatable bonds is 3. The smallest absolute Gasteiger partial charge is 0.325 e. The number of carbonyl (C=O) groups excluding carboxylic acids is 1. The first-order valence-corrected chi connectivity index (χ1v) is 7.23. The number of anilines is 1. The first kappa shape index (κ1) is 16.0. The summed E-state index contributed by atoms with van der Waals surface area (Å²) >= 11 is 0. The lowest BCUT2D eigenvalue weighted by molar-refractivity contribution is -0.137. The Kier molecular flexibility index (Phi) is 4.01. The third kappa shape index (κ3) is 3.24. The molecule has 0 unspecified atom stereocenters. The number of nitrogens with one attached hydrogen (secondary N) is 1. The van der Waals surface area contributed by atoms with Gasteiger partial charge in [-0.1, -0.05) is 12.1 Å². The van der Waals surface area contributed by atoms with E-state index in [0.29, 0.717) is 11.5 Å². The lowest BCUT2D eigenvalue weighted by atomic mass is 10.2. The molecule has 1 heterocycles. The number of aryl methyl sites for hydroxylation is 1. The van der Waals surface area contributed by atoms with Crippen molar-refractivity contribution in [2.75, 3.05) is 5.32 Å². The number of halogens is 3. The fraction of sp³-hybridized carbons (Fsp3) is 0.176. The number of hydrogen-bond acceptors (Lipinski definition) is 2. The second-order valence-corrected chi connectivity index (χ2v) is 5.36. The number of para-hydroxylation sites is 2. The molecule has 0 spiro atoms. The molecule has 0 bridgehead atoms. The molecule has 0 atom stereocenters. The minimum Gasteiger partial charge on any atom is -0.325 e. The highest BCUT2D eigenvalue weighted by Crippen LogP contribution is 2.29. The van der Waals surface area contributed by atoms with Gasteiger partial charge < -0.3 is 9.88 Å². The van der Waals surface area contributed by atoms with Crippen LogP contribution >= 0.6 is 0 Å². The van der Waals surface area contributed by atoms with Crippen molar-refractivity contribution in [3.05, 3.63) is 59.9 Å². The van der Waals surface area contributed by atoms with Gasteiger partial charge in [-0.3, -0.25) is 4.79 Å². The number of amides is 1. The van der Waals surface area contributed by atoms with Crippen LogP contribution < -0.4 is 5.32 Å². The molecule has 1 aromatic heterocycles. The Morgan fingerprint density at radius 2 is 1.79 bits per heavy atom. The maximum atomic E-state index is 12.5. The van der Waals surface area contributed by atoms with Crippen LogP contribution in [0.4, 0.5) is 18.9 Å². The minimum absolute atomic E-state index is 0.0351. The fourth-order valence-corrected chi connectivity index (χ4v) is 2.48. The maximum absolute atomic E-state index is 12.5. The van der Waals surface area contributed by atoms with E-state index >= 15 is 0 Å². The molecule has 4 nitrogen and oxygen atoms in total. The van der Waals surface area contributed by atoms with Crippen LogP contribution in [-0.4, -0.2) is 15.5 Å². The average molecular weight is 333 g/mol. The number of hydrogen-bond donors (Lipinski definition) is 1. The summed E-state index contributed by atoms with van der Waals surface area (Å²) < 4.78 is 39.3. The third-order valence-electron chi connectivity index (χ3n) is 3.64. The number of carbonyl (C=O) groups is 1. The number of imidazole rings is 1. The summed E-state index contributed by atoms with van der Waals surface area (Å²) in [6.07, 6.45) is -4.39. The van der Waals surface area contributed by atoms with Crippen LogP contribution in [0.3, 0.4) is 0 Å². The van der Waals surface area contributed by atoms with Crippen molar-refractivity contribution in [3.63, 3.8) is 0 Å². The van der Waals surface area contributed by atoms with Gasteiger partial charge in [0.2, 0.25) is 5.91 Å². The third-order valence-corrected chi connectivity index (χ3v) is 3.64. The molecule has 24 heavy (non-hydrogen) atoms. The molecule has 1 N–H and O–H groups in total. The van der Waals surface area contributed by atoms with E-state index < -0.39 is 11.7 Å². The average Bonchev–Trinajstić information content (AvgIpc) is 2.83. The van der Waals surface area contributed by atoms with E-state index in [2.05, 4.69) is 10.3 Å². The van der Waals surface area contributed by atoms with Crippen LogP contribution in [0.25, 0.3) is 11.0 Å². The topological polar surface area (TPSA) is 46.9 Å². The Labute approximate surface area is 135 Å². The van der Waals surface area contributed by atoms with Crippen LogP contribution in [0, 0.1) is 6.92 Å². The number of aromatic nitrogens is 2. The van der Waals surface area contributed by atoms with Crippen LogP contribution in [0.5, 0.6) is 0 Å². The van der Waals surface area contributed by atoms with Crippen LogP contribution in [0.2, 0.25) is 0 Å². The fourth-order valence-electron chi connectivity index (χ4n) is 2.48. The zero-order chi connectivity index (χ0) is 17.3. The van der Waals surface area contributed by atoms with E-state index in [4.69, 9.17) is 0 Å². The summed E-state index contributed by atoms with van der Waals surface area (Å²) in [4.78, 5) is 16.5. The molecular formula is C17H14F3N3O. The van der Waals surface area contributed by atoms with E-state index in [1.165, 1.54) is 12.1 Å². The Morgan fingerprint density at radius 1 is 1.12 bits per heavy atom. The van der Waals surface area contributed by atoms with Gasteiger partial charge in [0, 0.05) is 5.69 Å². The van der Waals surface area contributed by atoms with Crippen molar-refractivity contribution in [2.45, 2.75) is 19.6 Å². The zero-order valence-electron chi connectivity index (χ0n) is 12.8. The summed E-state index contributed by atoms with van der Waals surface area (Å²) in [6.45, 7) is 1.83. The lowest BCUT2D eigenvalue weighted by Gasteiger charge is -2.10. The minimum atomic E-state index is -4.39. The molecular weight excluding hydrogens is 319 g/mol. The highest BCUT2D eigenvalue weighted by molar-refractivity contribution is 5.91. The zero-order valence-corrected chi connectivity index (χ0v) is 12.8. The molecule has 0 aliphatic heterocycles. The number of fused-ring (bicyclic) bond motifs is 1. The number of alkyl halides is 3. The molecule has 0 aliphatic carbocycles. The largest absolute Gasteiger partial charge is 0.416 e. The summed E-state index contributed by atoms with van der Waals surface area (Å²) in [6, 6.07) is 11.8. The summed E-state index contributed by atoms with van der Waals surface area (Å²) in [5.41, 5.74) is 1.18. The molecule has 0 radical (unpaired) electrons. The molecule has 0 saturated heterocycles. The van der Waals surface area contributed by atoms with Gasteiger partial charge in [0.25, 0.3) is 0 Å². The maximum Gasteiger partial charge on any atom is 0.416 e. The van der Waals surface area contributed by atoms with Gasteiger partial charge in [0.05, 0.1) is 16.6 Å². The molecule has 3 aromatic rings. The van der Waals surface area contributed by atoms with Gasteiger partial charge in [0.1, 0.15) is 12.4 Å². The van der Waals surface area contributed by atoms with Gasteiger partial charge >= 0.3 is 6.18 Å². The van der Waals surface area contributed by atoms with Gasteiger partial charge in [-0.05, 0) is 43.3 Å². The molecule has 124 valence electrons. The lowest BCUT2D eigenvalue weighted by Crippen LogP contribution is -2.19. The van der Waals surface area contributed by atoms with Gasteiger partial charge in [-0.15, -0.1) is 0 Å². The Balaban J connectivity index is 1.74.